The first kappa shape index (κ1) is 8.54. The van der Waals surface area contributed by atoms with Crippen LogP contribution in [-0.4, -0.2) is 14.3 Å². The zero-order valence-electron chi connectivity index (χ0n) is 6.33. The third kappa shape index (κ3) is 3.53. The van der Waals surface area contributed by atoms with Crippen LogP contribution in [0.4, 0.5) is 0 Å². The predicted octanol–water partition coefficient (Wildman–Crippen LogP) is 2.93. The topological polar surface area (TPSA) is 0 Å². The Morgan fingerprint density at radius 1 is 1.00 bits per heavy atom. The van der Waals surface area contributed by atoms with Crippen molar-refractivity contribution in [1.82, 2.24) is 0 Å². The van der Waals surface area contributed by atoms with Crippen molar-refractivity contribution in [3.05, 3.63) is 0 Å². The van der Waals surface area contributed by atoms with E-state index in [1.807, 2.05) is 0 Å². The Morgan fingerprint density at radius 3 is 1.62 bits per heavy atom. The minimum absolute atomic E-state index is 0.431. The van der Waals surface area contributed by atoms with Crippen LogP contribution in [0.25, 0.3) is 0 Å². The van der Waals surface area contributed by atoms with E-state index in [1.54, 1.807) is 5.25 Å². The molecular weight excluding hydrogens is 157 g/mol. The Kier molecular flexibility index (Phi) is 6.06. The molecule has 0 N–H and O–H groups in total. The first-order valence-electron chi connectivity index (χ1n) is 3.68. The molecule has 8 heavy (non-hydrogen) atoms. The maximum absolute atomic E-state index is 2.36. The van der Waals surface area contributed by atoms with Gasteiger partial charge in [0.2, 0.25) is 0 Å². The minimum atomic E-state index is -0.431. The average molecular weight is 174 g/mol. The second-order valence-corrected chi connectivity index (χ2v) is 9.37. The molecule has 0 saturated carbocycles. The quantitative estimate of drug-likeness (QED) is 0.574. The molecule has 0 bridgehead atoms. The monoisotopic (exact) mass is 175 g/mol. The molecule has 1 heteroatoms. The first-order chi connectivity index (χ1) is 3.85. The van der Waals surface area contributed by atoms with Gasteiger partial charge in [-0.25, -0.2) is 0 Å². The van der Waals surface area contributed by atoms with E-state index in [-0.39, 0.29) is 0 Å². The van der Waals surface area contributed by atoms with Crippen LogP contribution in [0.2, 0.25) is 15.8 Å². The Bertz CT molecular complexity index is 39.7. The average Bonchev–Trinajstić information content (AvgIpc) is 1.83. The molecule has 0 aliphatic rings. The first-order valence-corrected chi connectivity index (χ1v) is 8.13. The van der Waals surface area contributed by atoms with E-state index in [0.717, 1.165) is 0 Å². The third-order valence-corrected chi connectivity index (χ3v) is 8.33. The number of hydrogen-bond acceptors (Lipinski definition) is 0. The fourth-order valence-corrected chi connectivity index (χ4v) is 4.97. The molecule has 0 aliphatic heterocycles. The standard InChI is InChI=1S/C7H17Ge/c1-4-7-8(5-2)6-3/h4-7H2,1-3H3. The molecule has 0 unspecified atom stereocenters. The Labute approximate surface area is 57.8 Å². The summed E-state index contributed by atoms with van der Waals surface area (Å²) in [7, 11) is 0. The van der Waals surface area contributed by atoms with Crippen molar-refractivity contribution in [2.45, 2.75) is 43.0 Å². The molecule has 0 aromatic carbocycles. The van der Waals surface area contributed by atoms with Crippen LogP contribution in [0.15, 0.2) is 0 Å². The summed E-state index contributed by atoms with van der Waals surface area (Å²) < 4.78 is 0. The van der Waals surface area contributed by atoms with Crippen molar-refractivity contribution in [3.8, 4) is 0 Å². The van der Waals surface area contributed by atoms with Crippen LogP contribution in [0, 0.1) is 0 Å². The molecule has 0 atom stereocenters. The predicted molar refractivity (Wildman–Crippen MR) is 41.8 cm³/mol. The maximum atomic E-state index is 2.36. The van der Waals surface area contributed by atoms with E-state index in [4.69, 9.17) is 0 Å². The Morgan fingerprint density at radius 2 is 1.50 bits per heavy atom. The van der Waals surface area contributed by atoms with Crippen LogP contribution in [0.5, 0.6) is 0 Å². The van der Waals surface area contributed by atoms with E-state index in [0.29, 0.717) is 0 Å². The van der Waals surface area contributed by atoms with Gasteiger partial charge in [0.25, 0.3) is 0 Å². The zero-order chi connectivity index (χ0) is 6.41. The normalized spacial score (nSPS) is 10.5. The van der Waals surface area contributed by atoms with Gasteiger partial charge in [0.15, 0.2) is 0 Å². The Balaban J connectivity index is 3.07. The van der Waals surface area contributed by atoms with Crippen LogP contribution in [-0.2, 0) is 0 Å². The molecule has 0 aromatic heterocycles. The van der Waals surface area contributed by atoms with Crippen LogP contribution < -0.4 is 0 Å². The summed E-state index contributed by atoms with van der Waals surface area (Å²) in [5.74, 6) is 0. The van der Waals surface area contributed by atoms with Crippen molar-refractivity contribution in [1.29, 1.82) is 0 Å². The third-order valence-electron chi connectivity index (χ3n) is 1.60. The number of hydrogen-bond donors (Lipinski definition) is 0. The van der Waals surface area contributed by atoms with Crippen LogP contribution >= 0.6 is 0 Å². The summed E-state index contributed by atoms with van der Waals surface area (Å²) in [6.07, 6.45) is 1.43. The summed E-state index contributed by atoms with van der Waals surface area (Å²) >= 11 is -0.431. The second-order valence-electron chi connectivity index (χ2n) is 2.21. The van der Waals surface area contributed by atoms with E-state index < -0.39 is 14.3 Å². The molecule has 0 saturated heterocycles. The summed E-state index contributed by atoms with van der Waals surface area (Å²) in [4.78, 5) is 0. The van der Waals surface area contributed by atoms with Gasteiger partial charge in [-0.3, -0.25) is 0 Å². The molecule has 0 spiro atoms. The van der Waals surface area contributed by atoms with Gasteiger partial charge >= 0.3 is 57.3 Å². The molecule has 1 radical (unpaired) electrons. The van der Waals surface area contributed by atoms with Crippen molar-refractivity contribution < 1.29 is 0 Å². The molecule has 0 heterocycles. The van der Waals surface area contributed by atoms with Gasteiger partial charge in [-0.15, -0.1) is 0 Å². The zero-order valence-corrected chi connectivity index (χ0v) is 8.43. The summed E-state index contributed by atoms with van der Waals surface area (Å²) in [6.45, 7) is 7.02. The molecular formula is C7H17Ge. The molecule has 49 valence electrons. The Hall–Kier alpha value is 0.543. The second kappa shape index (κ2) is 5.68. The fourth-order valence-electron chi connectivity index (χ4n) is 0.957. The van der Waals surface area contributed by atoms with Gasteiger partial charge in [0.1, 0.15) is 0 Å². The van der Waals surface area contributed by atoms with E-state index >= 15 is 0 Å². The molecule has 0 fully saturated rings. The molecule has 0 rings (SSSR count). The molecule has 0 amide bonds. The van der Waals surface area contributed by atoms with E-state index in [2.05, 4.69) is 20.8 Å². The van der Waals surface area contributed by atoms with Gasteiger partial charge in [-0.05, 0) is 0 Å². The van der Waals surface area contributed by atoms with Gasteiger partial charge in [0.05, 0.1) is 0 Å². The summed E-state index contributed by atoms with van der Waals surface area (Å²) in [5, 5.41) is 4.65. The van der Waals surface area contributed by atoms with Crippen LogP contribution in [0.1, 0.15) is 27.2 Å². The van der Waals surface area contributed by atoms with Crippen molar-refractivity contribution in [3.63, 3.8) is 0 Å². The van der Waals surface area contributed by atoms with E-state index in [9.17, 15) is 0 Å². The van der Waals surface area contributed by atoms with Crippen molar-refractivity contribution in [2.24, 2.45) is 0 Å². The van der Waals surface area contributed by atoms with Crippen LogP contribution in [0.3, 0.4) is 0 Å². The van der Waals surface area contributed by atoms with Gasteiger partial charge in [-0.1, -0.05) is 0 Å². The van der Waals surface area contributed by atoms with Crippen molar-refractivity contribution >= 4 is 14.3 Å². The summed E-state index contributed by atoms with van der Waals surface area (Å²) in [5.41, 5.74) is 0. The molecule has 0 aromatic rings. The van der Waals surface area contributed by atoms with Gasteiger partial charge < -0.3 is 0 Å². The molecule has 0 aliphatic carbocycles. The summed E-state index contributed by atoms with van der Waals surface area (Å²) in [6, 6.07) is 0. The molecule has 0 nitrogen and oxygen atoms in total. The SMILES string of the molecule is CC[CH2][Ge]([CH2]C)[CH2]C. The fraction of sp³-hybridized carbons (Fsp3) is 1.00. The van der Waals surface area contributed by atoms with Gasteiger partial charge in [0, 0.05) is 0 Å². The number of rotatable bonds is 4. The van der Waals surface area contributed by atoms with Gasteiger partial charge in [-0.2, -0.15) is 0 Å². The van der Waals surface area contributed by atoms with Crippen molar-refractivity contribution in [2.75, 3.05) is 0 Å². The van der Waals surface area contributed by atoms with E-state index in [1.165, 1.54) is 16.9 Å².